The largest absolute Gasteiger partial charge is 0.472 e. The molecule has 0 radical (unpaired) electrons. The number of hydrogen-bond donors (Lipinski definition) is 3. The summed E-state index contributed by atoms with van der Waals surface area (Å²) < 4.78 is 68.8. The number of carbonyl (C=O) groups excluding carboxylic acids is 4. The predicted octanol–water partition coefficient (Wildman–Crippen LogP) is 25.8. The lowest BCUT2D eigenvalue weighted by Crippen LogP contribution is -2.30. The van der Waals surface area contributed by atoms with Gasteiger partial charge >= 0.3 is 39.5 Å². The Hall–Kier alpha value is -1.94. The highest BCUT2D eigenvalue weighted by Gasteiger charge is 2.30. The summed E-state index contributed by atoms with van der Waals surface area (Å²) in [5.41, 5.74) is 0. The zero-order valence-corrected chi connectivity index (χ0v) is 70.1. The third-order valence-corrected chi connectivity index (χ3v) is 22.2. The van der Waals surface area contributed by atoms with Crippen LogP contribution in [-0.2, 0) is 65.4 Å². The molecule has 0 fully saturated rings. The lowest BCUT2D eigenvalue weighted by molar-refractivity contribution is -0.161. The predicted molar refractivity (Wildman–Crippen MR) is 428 cm³/mol. The van der Waals surface area contributed by atoms with Crippen LogP contribution in [0.4, 0.5) is 0 Å². The Bertz CT molecular complexity index is 2000. The molecule has 0 aromatic carbocycles. The molecule has 0 heterocycles. The highest BCUT2D eigenvalue weighted by atomic mass is 31.2. The van der Waals surface area contributed by atoms with Crippen LogP contribution in [0.2, 0.25) is 0 Å². The molecule has 0 spiro atoms. The SMILES string of the molecule is CCCCCCCCCCCCCCCCCCCCCCCC(=O)OC[C@H](COP(=O)(O)OC[C@@H](O)COP(=O)(O)OC[C@@H](COC(=O)CCCCCCCCCCCC)OC(=O)CCCCCCCCCCC(C)C)OC(=O)CCCCCCCCCCCCCCCCCCCCC(C)CC. The summed E-state index contributed by atoms with van der Waals surface area (Å²) in [6, 6.07) is 0. The number of hydrogen-bond acceptors (Lipinski definition) is 15. The molecule has 17 nitrogen and oxygen atoms in total. The van der Waals surface area contributed by atoms with Crippen LogP contribution in [0.5, 0.6) is 0 Å². The monoisotopic (exact) mass is 1520 g/mol. The quantitative estimate of drug-likeness (QED) is 0.0222. The summed E-state index contributed by atoms with van der Waals surface area (Å²) in [6.45, 7) is 9.67. The van der Waals surface area contributed by atoms with E-state index in [4.69, 9.17) is 37.0 Å². The van der Waals surface area contributed by atoms with E-state index in [0.29, 0.717) is 25.7 Å². The molecular weight excluding hydrogens is 1350 g/mol. The maximum absolute atomic E-state index is 13.1. The van der Waals surface area contributed by atoms with Crippen molar-refractivity contribution in [1.29, 1.82) is 0 Å². The molecule has 618 valence electrons. The first kappa shape index (κ1) is 102. The van der Waals surface area contributed by atoms with Crippen molar-refractivity contribution in [3.63, 3.8) is 0 Å². The number of aliphatic hydroxyl groups is 1. The summed E-state index contributed by atoms with van der Waals surface area (Å²) in [5.74, 6) is -0.518. The highest BCUT2D eigenvalue weighted by Crippen LogP contribution is 2.45. The maximum atomic E-state index is 13.1. The third kappa shape index (κ3) is 76.8. The molecule has 3 unspecified atom stereocenters. The zero-order chi connectivity index (χ0) is 76.4. The summed E-state index contributed by atoms with van der Waals surface area (Å²) in [6.07, 6.45) is 68.2. The molecule has 0 saturated carbocycles. The van der Waals surface area contributed by atoms with E-state index in [9.17, 15) is 43.2 Å². The second-order valence-electron chi connectivity index (χ2n) is 31.3. The van der Waals surface area contributed by atoms with Gasteiger partial charge < -0.3 is 33.8 Å². The van der Waals surface area contributed by atoms with E-state index in [1.54, 1.807) is 0 Å². The van der Waals surface area contributed by atoms with Crippen molar-refractivity contribution in [3.8, 4) is 0 Å². The fourth-order valence-corrected chi connectivity index (χ4v) is 14.8. The molecule has 0 bridgehead atoms. The van der Waals surface area contributed by atoms with Crippen molar-refractivity contribution in [2.75, 3.05) is 39.6 Å². The highest BCUT2D eigenvalue weighted by molar-refractivity contribution is 7.47. The third-order valence-electron chi connectivity index (χ3n) is 20.3. The summed E-state index contributed by atoms with van der Waals surface area (Å²) >= 11 is 0. The molecule has 0 aliphatic heterocycles. The molecular formula is C85H166O17P2. The Balaban J connectivity index is 5.18. The molecule has 104 heavy (non-hydrogen) atoms. The Morgan fingerprint density at radius 2 is 0.490 bits per heavy atom. The lowest BCUT2D eigenvalue weighted by atomic mass is 9.99. The van der Waals surface area contributed by atoms with Crippen molar-refractivity contribution < 1.29 is 80.2 Å². The van der Waals surface area contributed by atoms with Crippen molar-refractivity contribution in [2.24, 2.45) is 11.8 Å². The molecule has 0 aliphatic rings. The smallest absolute Gasteiger partial charge is 0.462 e. The van der Waals surface area contributed by atoms with Crippen LogP contribution < -0.4 is 0 Å². The van der Waals surface area contributed by atoms with Gasteiger partial charge in [-0.2, -0.15) is 0 Å². The van der Waals surface area contributed by atoms with E-state index in [-0.39, 0.29) is 25.7 Å². The first-order valence-corrected chi connectivity index (χ1v) is 47.0. The lowest BCUT2D eigenvalue weighted by Gasteiger charge is -2.21. The van der Waals surface area contributed by atoms with Crippen LogP contribution in [0.1, 0.15) is 452 Å². The summed E-state index contributed by atoms with van der Waals surface area (Å²) in [5, 5.41) is 10.7. The van der Waals surface area contributed by atoms with Crippen LogP contribution in [0.3, 0.4) is 0 Å². The van der Waals surface area contributed by atoms with Gasteiger partial charge in [0.2, 0.25) is 0 Å². The topological polar surface area (TPSA) is 237 Å². The second-order valence-corrected chi connectivity index (χ2v) is 34.2. The standard InChI is InChI=1S/C85H166O17P2/c1-7-10-12-14-16-18-20-21-22-23-24-25-26-30-33-36-39-43-50-56-62-68-83(88)96-73-80(101-84(89)69-63-57-51-44-40-37-34-31-28-27-29-32-35-38-41-48-54-60-66-78(6)9-3)75-99-103(91,92)97-71-79(86)72-98-104(93,94)100-76-81(74-95-82(87)67-61-55-49-42-19-17-15-13-11-8-2)102-85(90)70-64-58-52-46-45-47-53-59-65-77(4)5/h77-81,86H,7-76H2,1-6H3,(H,91,92)(H,93,94)/t78?,79-,80-,81-/m1/s1. The second kappa shape index (κ2) is 76.4. The molecule has 0 aliphatic carbocycles. The fraction of sp³-hybridized carbons (Fsp3) is 0.953. The first-order chi connectivity index (χ1) is 50.4. The molecule has 0 aromatic rings. The molecule has 19 heteroatoms. The molecule has 0 amide bonds. The van der Waals surface area contributed by atoms with Gasteiger partial charge in [0.25, 0.3) is 0 Å². The van der Waals surface area contributed by atoms with Gasteiger partial charge in [-0.1, -0.05) is 401 Å². The minimum Gasteiger partial charge on any atom is -0.462 e. The molecule has 6 atom stereocenters. The van der Waals surface area contributed by atoms with Crippen LogP contribution in [-0.4, -0.2) is 96.7 Å². The Morgan fingerprint density at radius 3 is 0.731 bits per heavy atom. The minimum atomic E-state index is -4.96. The van der Waals surface area contributed by atoms with Crippen LogP contribution in [0.15, 0.2) is 0 Å². The van der Waals surface area contributed by atoms with Crippen molar-refractivity contribution in [3.05, 3.63) is 0 Å². The number of phosphoric acid groups is 2. The Morgan fingerprint density at radius 1 is 0.279 bits per heavy atom. The Labute approximate surface area is 638 Å². The molecule has 0 rings (SSSR count). The normalized spacial score (nSPS) is 14.1. The van der Waals surface area contributed by atoms with Gasteiger partial charge in [0.1, 0.15) is 19.3 Å². The van der Waals surface area contributed by atoms with Gasteiger partial charge in [-0.15, -0.1) is 0 Å². The van der Waals surface area contributed by atoms with Crippen LogP contribution in [0.25, 0.3) is 0 Å². The van der Waals surface area contributed by atoms with E-state index in [1.165, 1.54) is 270 Å². The van der Waals surface area contributed by atoms with Gasteiger partial charge in [-0.25, -0.2) is 9.13 Å². The van der Waals surface area contributed by atoms with E-state index in [2.05, 4.69) is 41.5 Å². The number of aliphatic hydroxyl groups excluding tert-OH is 1. The summed E-state index contributed by atoms with van der Waals surface area (Å²) in [4.78, 5) is 73.1. The van der Waals surface area contributed by atoms with Gasteiger partial charge in [0.05, 0.1) is 26.4 Å². The fourth-order valence-electron chi connectivity index (χ4n) is 13.2. The number of rotatable bonds is 84. The van der Waals surface area contributed by atoms with E-state index >= 15 is 0 Å². The number of ether oxygens (including phenoxy) is 4. The number of phosphoric ester groups is 2. The van der Waals surface area contributed by atoms with Gasteiger partial charge in [-0.3, -0.25) is 37.3 Å². The minimum absolute atomic E-state index is 0.105. The van der Waals surface area contributed by atoms with Crippen LogP contribution in [0, 0.1) is 11.8 Å². The van der Waals surface area contributed by atoms with Gasteiger partial charge in [0, 0.05) is 25.7 Å². The van der Waals surface area contributed by atoms with Crippen molar-refractivity contribution in [2.45, 2.75) is 471 Å². The molecule has 0 saturated heterocycles. The Kier molecular flexibility index (Phi) is 75.0. The van der Waals surface area contributed by atoms with Crippen molar-refractivity contribution in [1.82, 2.24) is 0 Å². The number of esters is 4. The summed E-state index contributed by atoms with van der Waals surface area (Å²) in [7, 11) is -9.92. The average molecular weight is 1520 g/mol. The average Bonchev–Trinajstić information content (AvgIpc) is 0.911. The molecule has 3 N–H and O–H groups in total. The van der Waals surface area contributed by atoms with Crippen LogP contribution >= 0.6 is 15.6 Å². The number of unbranched alkanes of at least 4 members (excludes halogenated alkanes) is 53. The maximum Gasteiger partial charge on any atom is 0.472 e. The van der Waals surface area contributed by atoms with Gasteiger partial charge in [-0.05, 0) is 37.5 Å². The van der Waals surface area contributed by atoms with Gasteiger partial charge in [0.15, 0.2) is 12.2 Å². The number of carbonyl (C=O) groups is 4. The zero-order valence-electron chi connectivity index (χ0n) is 68.3. The van der Waals surface area contributed by atoms with Crippen molar-refractivity contribution >= 4 is 39.5 Å². The van der Waals surface area contributed by atoms with E-state index in [1.807, 2.05) is 0 Å². The van der Waals surface area contributed by atoms with E-state index < -0.39 is 97.5 Å². The molecule has 0 aromatic heterocycles. The first-order valence-electron chi connectivity index (χ1n) is 44.0. The van der Waals surface area contributed by atoms with E-state index in [0.717, 1.165) is 102 Å².